The maximum absolute atomic E-state index is 5.51. The quantitative estimate of drug-likeness (QED) is 0.159. The van der Waals surface area contributed by atoms with Gasteiger partial charge in [-0.05, 0) is 82.3 Å². The van der Waals surface area contributed by atoms with E-state index >= 15 is 0 Å². The second kappa shape index (κ2) is 15.2. The fourth-order valence-electron chi connectivity index (χ4n) is 9.74. The molecule has 63 heavy (non-hydrogen) atoms. The number of hydrogen-bond donors (Lipinski definition) is 0. The van der Waals surface area contributed by atoms with E-state index in [0.29, 0.717) is 0 Å². The van der Waals surface area contributed by atoms with Gasteiger partial charge in [-0.1, -0.05) is 201 Å². The molecule has 0 saturated heterocycles. The average molecular weight is 812 g/mol. The first-order chi connectivity index (χ1) is 30.7. The summed E-state index contributed by atoms with van der Waals surface area (Å²) in [5.41, 5.74) is 19.7. The molecule has 0 radical (unpaired) electrons. The molecular weight excluding hydrogens is 764 g/mol. The molecule has 0 atom stereocenters. The summed E-state index contributed by atoms with van der Waals surface area (Å²) in [6.07, 6.45) is 0. The lowest BCUT2D eigenvalue weighted by atomic mass is 9.34. The molecule has 2 aliphatic rings. The molecule has 0 amide bonds. The zero-order valence-corrected chi connectivity index (χ0v) is 36.4. The van der Waals surface area contributed by atoms with Crippen molar-refractivity contribution in [1.29, 1.82) is 0 Å². The fourth-order valence-corrected chi connectivity index (χ4v) is 9.74. The highest BCUT2D eigenvalue weighted by Gasteiger charge is 2.38. The van der Waals surface area contributed by atoms with Crippen LogP contribution in [-0.2, 0) is 5.41 Å². The lowest BCUT2D eigenvalue weighted by Crippen LogP contribution is -2.61. The largest absolute Gasteiger partial charge is 0.284 e. The van der Waals surface area contributed by atoms with Gasteiger partial charge in [0.1, 0.15) is 11.0 Å². The van der Waals surface area contributed by atoms with Gasteiger partial charge >= 0.3 is 0 Å². The molecule has 302 valence electrons. The Morgan fingerprint density at radius 1 is 0.413 bits per heavy atom. The molecule has 7 aromatic carbocycles. The molecule has 0 spiro atoms. The third-order valence-corrected chi connectivity index (χ3v) is 13.0. The van der Waals surface area contributed by atoms with Crippen molar-refractivity contribution in [2.75, 3.05) is 0 Å². The van der Waals surface area contributed by atoms with Crippen molar-refractivity contribution >= 4 is 58.5 Å². The van der Waals surface area contributed by atoms with E-state index in [1.165, 1.54) is 55.4 Å². The third-order valence-electron chi connectivity index (χ3n) is 13.0. The first-order valence-corrected chi connectivity index (χ1v) is 22.0. The summed E-state index contributed by atoms with van der Waals surface area (Å²) in [7, 11) is 0. The SMILES string of the molecule is Cc1nc2c(nc1C)n(-c1ccccc1)c1n3c(n2-c2ccccc2)=CB(c2ccccc2-c2ccccc2)c2cc(C(C)(C)C)cc(c2-3)B(c2ccccc2-c2ccccc2)C=1. The van der Waals surface area contributed by atoms with Crippen molar-refractivity contribution in [2.45, 2.75) is 40.0 Å². The highest BCUT2D eigenvalue weighted by molar-refractivity contribution is 7.00. The van der Waals surface area contributed by atoms with E-state index in [0.717, 1.165) is 45.0 Å². The van der Waals surface area contributed by atoms with Crippen LogP contribution in [0.1, 0.15) is 37.7 Å². The van der Waals surface area contributed by atoms with E-state index in [1.807, 2.05) is 0 Å². The van der Waals surface area contributed by atoms with E-state index in [-0.39, 0.29) is 18.8 Å². The van der Waals surface area contributed by atoms with Gasteiger partial charge in [0, 0.05) is 17.1 Å². The maximum Gasteiger partial charge on any atom is 0.241 e. The monoisotopic (exact) mass is 811 g/mol. The van der Waals surface area contributed by atoms with Gasteiger partial charge in [-0.15, -0.1) is 0 Å². The summed E-state index contributed by atoms with van der Waals surface area (Å²) in [5, 5.41) is 0. The second-order valence-electron chi connectivity index (χ2n) is 17.9. The molecule has 5 nitrogen and oxygen atoms in total. The average Bonchev–Trinajstić information content (AvgIpc) is 3.43. The summed E-state index contributed by atoms with van der Waals surface area (Å²) in [6.45, 7) is 10.9. The number of aromatic nitrogens is 5. The first kappa shape index (κ1) is 38.5. The van der Waals surface area contributed by atoms with Crippen LogP contribution >= 0.6 is 0 Å². The van der Waals surface area contributed by atoms with E-state index in [9.17, 15) is 0 Å². The van der Waals surface area contributed by atoms with Gasteiger partial charge in [-0.25, -0.2) is 9.97 Å². The molecule has 0 unspecified atom stereocenters. The van der Waals surface area contributed by atoms with E-state index in [2.05, 4.69) is 242 Å². The molecule has 11 rings (SSSR count). The van der Waals surface area contributed by atoms with Gasteiger partial charge in [0.15, 0.2) is 11.3 Å². The number of para-hydroxylation sites is 2. The minimum Gasteiger partial charge on any atom is -0.284 e. The normalized spacial score (nSPS) is 12.7. The van der Waals surface area contributed by atoms with Crippen molar-refractivity contribution in [3.8, 4) is 39.3 Å². The summed E-state index contributed by atoms with van der Waals surface area (Å²) < 4.78 is 7.23. The number of rotatable bonds is 6. The Hall–Kier alpha value is -7.37. The Labute approximate surface area is 369 Å². The molecule has 0 saturated carbocycles. The lowest BCUT2D eigenvalue weighted by Gasteiger charge is -2.34. The van der Waals surface area contributed by atoms with Crippen LogP contribution in [0.4, 0.5) is 0 Å². The molecular formula is C56H47B2N5. The lowest BCUT2D eigenvalue weighted by molar-refractivity contribution is 0.591. The number of hydrogen-bond acceptors (Lipinski definition) is 2. The predicted molar refractivity (Wildman–Crippen MR) is 265 cm³/mol. The number of benzene rings is 7. The van der Waals surface area contributed by atoms with Crippen LogP contribution in [-0.4, -0.2) is 37.1 Å². The van der Waals surface area contributed by atoms with Crippen molar-refractivity contribution in [3.63, 3.8) is 0 Å². The first-order valence-electron chi connectivity index (χ1n) is 22.0. The maximum atomic E-state index is 5.51. The molecule has 9 aromatic rings. The van der Waals surface area contributed by atoms with Gasteiger partial charge in [-0.2, -0.15) is 0 Å². The van der Waals surface area contributed by atoms with Crippen molar-refractivity contribution in [1.82, 2.24) is 23.7 Å². The van der Waals surface area contributed by atoms with Crippen LogP contribution in [0.25, 0.3) is 62.6 Å². The van der Waals surface area contributed by atoms with Gasteiger partial charge in [-0.3, -0.25) is 13.7 Å². The number of aryl methyl sites for hydroxylation is 2. The molecule has 0 bridgehead atoms. The van der Waals surface area contributed by atoms with E-state index < -0.39 is 0 Å². The minimum absolute atomic E-state index is 0.120. The Bertz CT molecular complexity index is 3180. The van der Waals surface area contributed by atoms with Crippen LogP contribution in [0.2, 0.25) is 0 Å². The Morgan fingerprint density at radius 3 is 1.17 bits per heavy atom. The second-order valence-corrected chi connectivity index (χ2v) is 17.9. The molecule has 0 aliphatic carbocycles. The Morgan fingerprint density at radius 2 is 0.778 bits per heavy atom. The van der Waals surface area contributed by atoms with Crippen LogP contribution in [0.15, 0.2) is 182 Å². The highest BCUT2D eigenvalue weighted by atomic mass is 15.2. The number of fused-ring (bicyclic) bond motifs is 1. The molecule has 4 heterocycles. The van der Waals surface area contributed by atoms with Crippen LogP contribution < -0.4 is 32.8 Å². The van der Waals surface area contributed by atoms with Crippen LogP contribution in [0.3, 0.4) is 0 Å². The molecule has 7 heteroatoms. The predicted octanol–water partition coefficient (Wildman–Crippen LogP) is 8.26. The van der Waals surface area contributed by atoms with Crippen molar-refractivity contribution in [2.24, 2.45) is 0 Å². The summed E-state index contributed by atoms with van der Waals surface area (Å²) in [4.78, 5) is 11.0. The van der Waals surface area contributed by atoms with Crippen molar-refractivity contribution < 1.29 is 0 Å². The molecule has 0 N–H and O–H groups in total. The Kier molecular flexibility index (Phi) is 9.31. The molecule has 2 aliphatic heterocycles. The Balaban J connectivity index is 1.42. The van der Waals surface area contributed by atoms with Crippen molar-refractivity contribution in [3.05, 3.63) is 210 Å². The topological polar surface area (TPSA) is 40.6 Å². The fraction of sp³-hybridized carbons (Fsp3) is 0.107. The van der Waals surface area contributed by atoms with Gasteiger partial charge in [0.25, 0.3) is 0 Å². The van der Waals surface area contributed by atoms with E-state index in [1.54, 1.807) is 0 Å². The standard InChI is InChI=1S/C56H47B2N5/c1-38-39(2)60-55-54(59-38)61(43-26-14-8-15-27-43)51-36-57(47-32-20-18-30-45(47)40-22-10-6-11-23-40)49-34-42(56(3,4)5)35-50-53(49)63(51)52(62(55)44-28-16-9-17-29-44)37-58(50)48-33-21-19-31-46(48)41-24-12-7-13-25-41/h6-37H,1-5H3. The number of nitrogens with zero attached hydrogens (tertiary/aromatic N) is 5. The highest BCUT2D eigenvalue weighted by Crippen LogP contribution is 2.28. The zero-order chi connectivity index (χ0) is 42.8. The zero-order valence-electron chi connectivity index (χ0n) is 36.4. The summed E-state index contributed by atoms with van der Waals surface area (Å²) in [6, 6.07) is 66.1. The van der Waals surface area contributed by atoms with Crippen LogP contribution in [0.5, 0.6) is 0 Å². The third kappa shape index (κ3) is 6.50. The minimum atomic E-state index is -0.128. The van der Waals surface area contributed by atoms with Crippen LogP contribution in [0, 0.1) is 13.8 Å². The molecule has 2 aromatic heterocycles. The smallest absolute Gasteiger partial charge is 0.241 e. The van der Waals surface area contributed by atoms with E-state index in [4.69, 9.17) is 9.97 Å². The van der Waals surface area contributed by atoms with Gasteiger partial charge in [0.2, 0.25) is 13.4 Å². The van der Waals surface area contributed by atoms with Gasteiger partial charge < -0.3 is 0 Å². The molecule has 0 fully saturated rings. The summed E-state index contributed by atoms with van der Waals surface area (Å²) in [5.74, 6) is 4.99. The summed E-state index contributed by atoms with van der Waals surface area (Å²) >= 11 is 0. The van der Waals surface area contributed by atoms with Gasteiger partial charge in [0.05, 0.1) is 11.4 Å².